The third kappa shape index (κ3) is 5.04. The van der Waals surface area contributed by atoms with Crippen LogP contribution in [0.1, 0.15) is 23.9 Å². The fourth-order valence-electron chi connectivity index (χ4n) is 1.91. The molecule has 0 radical (unpaired) electrons. The van der Waals surface area contributed by atoms with Gasteiger partial charge >= 0.3 is 5.22 Å². The predicted molar refractivity (Wildman–Crippen MR) is 83.8 cm³/mol. The number of carbonyl (C=O) groups excluding carboxylic acids is 1. The highest BCUT2D eigenvalue weighted by atomic mass is 35.5. The zero-order valence-electron chi connectivity index (χ0n) is 12.4. The summed E-state index contributed by atoms with van der Waals surface area (Å²) in [4.78, 5) is 11.8. The summed E-state index contributed by atoms with van der Waals surface area (Å²) >= 11 is 5.56. The van der Waals surface area contributed by atoms with Gasteiger partial charge in [-0.1, -0.05) is 35.4 Å². The summed E-state index contributed by atoms with van der Waals surface area (Å²) in [5.74, 6) is -0.0558. The van der Waals surface area contributed by atoms with Gasteiger partial charge in [0.1, 0.15) is 6.04 Å². The van der Waals surface area contributed by atoms with Crippen LogP contribution in [-0.4, -0.2) is 36.7 Å². The van der Waals surface area contributed by atoms with Gasteiger partial charge in [0, 0.05) is 25.0 Å². The van der Waals surface area contributed by atoms with Crippen LogP contribution in [-0.2, 0) is 21.1 Å². The van der Waals surface area contributed by atoms with Crippen molar-refractivity contribution in [2.45, 2.75) is 24.1 Å². The van der Waals surface area contributed by atoms with Gasteiger partial charge in [0.15, 0.2) is 0 Å². The number of hydrogen-bond donors (Lipinski definition) is 1. The fraction of sp³-hybridized carbons (Fsp3) is 0.357. The van der Waals surface area contributed by atoms with E-state index in [2.05, 4.69) is 15.5 Å². The van der Waals surface area contributed by atoms with E-state index in [1.54, 1.807) is 0 Å². The van der Waals surface area contributed by atoms with Crippen molar-refractivity contribution in [2.24, 2.45) is 0 Å². The molecule has 1 heterocycles. The lowest BCUT2D eigenvalue weighted by Gasteiger charge is -2.15. The lowest BCUT2D eigenvalue weighted by atomic mass is 10.1. The minimum atomic E-state index is -3.60. The minimum absolute atomic E-state index is 0.0391. The Kier molecular flexibility index (Phi) is 5.73. The Balaban J connectivity index is 2.25. The number of benzene rings is 1. The highest BCUT2D eigenvalue weighted by Crippen LogP contribution is 2.19. The van der Waals surface area contributed by atoms with E-state index in [4.69, 9.17) is 16.0 Å². The van der Waals surface area contributed by atoms with Crippen LogP contribution in [0.25, 0.3) is 0 Å². The first kappa shape index (κ1) is 17.4. The molecule has 1 amide bonds. The summed E-state index contributed by atoms with van der Waals surface area (Å²) in [6.45, 7) is 0. The van der Waals surface area contributed by atoms with Gasteiger partial charge in [-0.05, 0) is 5.56 Å². The second kappa shape index (κ2) is 7.56. The molecule has 9 heteroatoms. The van der Waals surface area contributed by atoms with E-state index in [0.29, 0.717) is 6.42 Å². The summed E-state index contributed by atoms with van der Waals surface area (Å²) in [7, 11) is -3.60. The average molecular weight is 358 g/mol. The molecule has 0 saturated heterocycles. The number of carbonyl (C=O) groups is 1. The maximum Gasteiger partial charge on any atom is 0.335 e. The van der Waals surface area contributed by atoms with Crippen LogP contribution in [0.15, 0.2) is 40.0 Å². The van der Waals surface area contributed by atoms with E-state index in [9.17, 15) is 13.2 Å². The summed E-state index contributed by atoms with van der Waals surface area (Å²) in [5.41, 5.74) is 0.933. The van der Waals surface area contributed by atoms with E-state index in [-0.39, 0.29) is 24.1 Å². The van der Waals surface area contributed by atoms with Crippen molar-refractivity contribution < 1.29 is 17.6 Å². The number of nitrogens with zero attached hydrogens (tertiary/aromatic N) is 2. The number of sulfone groups is 1. The van der Waals surface area contributed by atoms with Crippen LogP contribution in [0.2, 0.25) is 0 Å². The normalized spacial score (nSPS) is 12.8. The Labute approximate surface area is 139 Å². The average Bonchev–Trinajstić information content (AvgIpc) is 2.98. The fourth-order valence-corrected chi connectivity index (χ4v) is 2.51. The van der Waals surface area contributed by atoms with Crippen molar-refractivity contribution >= 4 is 27.3 Å². The summed E-state index contributed by atoms with van der Waals surface area (Å²) in [5, 5.41) is 9.53. The van der Waals surface area contributed by atoms with Crippen LogP contribution < -0.4 is 5.32 Å². The molecule has 1 atom stereocenters. The Morgan fingerprint density at radius 3 is 2.57 bits per heavy atom. The summed E-state index contributed by atoms with van der Waals surface area (Å²) < 4.78 is 28.1. The van der Waals surface area contributed by atoms with Gasteiger partial charge in [0.05, 0.1) is 0 Å². The Bertz CT molecular complexity index is 761. The van der Waals surface area contributed by atoms with Crippen molar-refractivity contribution in [3.8, 4) is 0 Å². The Hall–Kier alpha value is -1.93. The SMILES string of the molecule is CS(=O)(=O)c1nnc([C@H](Cc2ccccc2)NC(=O)CCCl)o1. The molecular formula is C14H16ClN3O4S. The van der Waals surface area contributed by atoms with E-state index in [1.165, 1.54) is 0 Å². The molecule has 0 aliphatic heterocycles. The van der Waals surface area contributed by atoms with Crippen molar-refractivity contribution in [3.63, 3.8) is 0 Å². The Morgan fingerprint density at radius 2 is 2.00 bits per heavy atom. The molecule has 7 nitrogen and oxygen atoms in total. The Morgan fingerprint density at radius 1 is 1.30 bits per heavy atom. The second-order valence-electron chi connectivity index (χ2n) is 4.93. The van der Waals surface area contributed by atoms with Gasteiger partial charge in [0.2, 0.25) is 21.6 Å². The first-order valence-corrected chi connectivity index (χ1v) is 9.25. The molecule has 0 fully saturated rings. The number of amides is 1. The molecular weight excluding hydrogens is 342 g/mol. The third-order valence-electron chi connectivity index (χ3n) is 2.98. The molecule has 0 aliphatic rings. The highest BCUT2D eigenvalue weighted by Gasteiger charge is 2.24. The first-order valence-electron chi connectivity index (χ1n) is 6.83. The van der Waals surface area contributed by atoms with Gasteiger partial charge in [-0.15, -0.1) is 16.7 Å². The quantitative estimate of drug-likeness (QED) is 0.753. The molecule has 2 rings (SSSR count). The standard InChI is InChI=1S/C14H16ClN3O4S/c1-23(20,21)14-18-17-13(22-14)11(16-12(19)7-8-15)9-10-5-3-2-4-6-10/h2-6,11H,7-9H2,1H3,(H,16,19)/t11-/m0/s1. The highest BCUT2D eigenvalue weighted by molar-refractivity contribution is 7.90. The maximum absolute atomic E-state index is 11.8. The molecule has 0 spiro atoms. The molecule has 0 saturated carbocycles. The molecule has 1 aromatic carbocycles. The molecule has 124 valence electrons. The number of halogens is 1. The van der Waals surface area contributed by atoms with Crippen molar-refractivity contribution in [2.75, 3.05) is 12.1 Å². The van der Waals surface area contributed by atoms with Crippen molar-refractivity contribution in [1.82, 2.24) is 15.5 Å². The summed E-state index contributed by atoms with van der Waals surface area (Å²) in [6.07, 6.45) is 1.50. The second-order valence-corrected chi connectivity index (χ2v) is 7.20. The number of rotatable bonds is 7. The van der Waals surface area contributed by atoms with Gasteiger partial charge in [0.25, 0.3) is 0 Å². The van der Waals surface area contributed by atoms with Crippen LogP contribution in [0.3, 0.4) is 0 Å². The van der Waals surface area contributed by atoms with Crippen LogP contribution in [0.5, 0.6) is 0 Å². The van der Waals surface area contributed by atoms with Gasteiger partial charge in [-0.25, -0.2) is 8.42 Å². The van der Waals surface area contributed by atoms with Crippen LogP contribution >= 0.6 is 11.6 Å². The molecule has 0 aliphatic carbocycles. The van der Waals surface area contributed by atoms with E-state index in [1.807, 2.05) is 30.3 Å². The van der Waals surface area contributed by atoms with Crippen molar-refractivity contribution in [3.05, 3.63) is 41.8 Å². The lowest BCUT2D eigenvalue weighted by Crippen LogP contribution is -2.30. The largest absolute Gasteiger partial charge is 0.410 e. The van der Waals surface area contributed by atoms with Gasteiger partial charge in [-0.3, -0.25) is 4.79 Å². The molecule has 1 N–H and O–H groups in total. The van der Waals surface area contributed by atoms with E-state index in [0.717, 1.165) is 11.8 Å². The molecule has 0 unspecified atom stereocenters. The van der Waals surface area contributed by atoms with Gasteiger partial charge in [-0.2, -0.15) is 0 Å². The first-order chi connectivity index (χ1) is 10.9. The van der Waals surface area contributed by atoms with Crippen LogP contribution in [0.4, 0.5) is 0 Å². The summed E-state index contributed by atoms with van der Waals surface area (Å²) in [6, 6.07) is 8.74. The number of aromatic nitrogens is 2. The third-order valence-corrected chi connectivity index (χ3v) is 3.97. The van der Waals surface area contributed by atoms with E-state index >= 15 is 0 Å². The number of alkyl halides is 1. The van der Waals surface area contributed by atoms with E-state index < -0.39 is 21.1 Å². The topological polar surface area (TPSA) is 102 Å². The smallest absolute Gasteiger partial charge is 0.335 e. The zero-order valence-corrected chi connectivity index (χ0v) is 14.0. The van der Waals surface area contributed by atoms with Gasteiger partial charge < -0.3 is 9.73 Å². The molecule has 2 aromatic rings. The number of hydrogen-bond acceptors (Lipinski definition) is 6. The molecule has 23 heavy (non-hydrogen) atoms. The van der Waals surface area contributed by atoms with Crippen LogP contribution in [0, 0.1) is 0 Å². The predicted octanol–water partition coefficient (Wildman–Crippen LogP) is 1.50. The monoisotopic (exact) mass is 357 g/mol. The maximum atomic E-state index is 11.8. The zero-order chi connectivity index (χ0) is 16.9. The number of nitrogens with one attached hydrogen (secondary N) is 1. The molecule has 1 aromatic heterocycles. The molecule has 0 bridgehead atoms. The lowest BCUT2D eigenvalue weighted by molar-refractivity contribution is -0.121. The minimum Gasteiger partial charge on any atom is -0.410 e. The van der Waals surface area contributed by atoms with Crippen molar-refractivity contribution in [1.29, 1.82) is 0 Å².